The molecule has 2 aromatic carbocycles. The van der Waals surface area contributed by atoms with Crippen molar-refractivity contribution in [1.82, 2.24) is 19.9 Å². The van der Waals surface area contributed by atoms with Gasteiger partial charge in [-0.1, -0.05) is 36.4 Å². The summed E-state index contributed by atoms with van der Waals surface area (Å²) >= 11 is 0. The molecule has 0 aliphatic heterocycles. The van der Waals surface area contributed by atoms with Crippen LogP contribution in [0.25, 0.3) is 5.65 Å². The number of aromatic nitrogens is 3. The number of hydrogen-bond acceptors (Lipinski definition) is 5. The number of ether oxygens (including phenoxy) is 2. The second-order valence-corrected chi connectivity index (χ2v) is 7.79. The van der Waals surface area contributed by atoms with Gasteiger partial charge in [-0.2, -0.15) is 0 Å². The third-order valence-corrected chi connectivity index (χ3v) is 5.49. The number of carbonyl (C=O) groups is 1. The Balaban J connectivity index is 1.40. The van der Waals surface area contributed by atoms with E-state index in [1.54, 1.807) is 11.6 Å². The van der Waals surface area contributed by atoms with Crippen molar-refractivity contribution in [3.05, 3.63) is 93.0 Å². The van der Waals surface area contributed by atoms with Crippen molar-refractivity contribution < 1.29 is 14.3 Å². The molecule has 0 bridgehead atoms. The lowest BCUT2D eigenvalue weighted by Gasteiger charge is -2.14. The molecule has 8 heteroatoms. The number of amides is 1. The summed E-state index contributed by atoms with van der Waals surface area (Å²) < 4.78 is 13.0. The predicted molar refractivity (Wildman–Crippen MR) is 125 cm³/mol. The Morgan fingerprint density at radius 3 is 2.61 bits per heavy atom. The lowest BCUT2D eigenvalue weighted by molar-refractivity contribution is -0.120. The second-order valence-electron chi connectivity index (χ2n) is 7.79. The van der Waals surface area contributed by atoms with E-state index in [1.165, 1.54) is 6.07 Å². The van der Waals surface area contributed by atoms with Crippen LogP contribution >= 0.6 is 0 Å². The molecule has 33 heavy (non-hydrogen) atoms. The highest BCUT2D eigenvalue weighted by molar-refractivity contribution is 5.79. The SMILES string of the molecule is COc1cc(CNC(=O)Cc2c(C)nc3cc(=O)[nH]n3c2C)ccc1OCc1ccccc1. The van der Waals surface area contributed by atoms with Crippen molar-refractivity contribution in [3.63, 3.8) is 0 Å². The first-order valence-corrected chi connectivity index (χ1v) is 10.6. The highest BCUT2D eigenvalue weighted by Gasteiger charge is 2.14. The molecule has 0 saturated heterocycles. The summed E-state index contributed by atoms with van der Waals surface area (Å²) in [4.78, 5) is 28.7. The standard InChI is InChI=1S/C25H26N4O4/c1-16-20(17(2)29-23(27-16)13-25(31)28-29)12-24(30)26-14-19-9-10-21(22(11-19)32-3)33-15-18-7-5-4-6-8-18/h4-11,13H,12,14-15H2,1-3H3,(H,26,30)(H,28,31). The van der Waals surface area contributed by atoms with Crippen molar-refractivity contribution >= 4 is 11.6 Å². The summed E-state index contributed by atoms with van der Waals surface area (Å²) in [6.45, 7) is 4.49. The van der Waals surface area contributed by atoms with Crippen molar-refractivity contribution in [1.29, 1.82) is 0 Å². The molecular formula is C25H26N4O4. The molecule has 4 rings (SSSR count). The number of methoxy groups -OCH3 is 1. The minimum atomic E-state index is -0.225. The fraction of sp³-hybridized carbons (Fsp3) is 0.240. The summed E-state index contributed by atoms with van der Waals surface area (Å²) in [5.41, 5.74) is 4.58. The Hall–Kier alpha value is -4.07. The highest BCUT2D eigenvalue weighted by Crippen LogP contribution is 2.29. The number of H-pyrrole nitrogens is 1. The van der Waals surface area contributed by atoms with Crippen molar-refractivity contribution in [2.24, 2.45) is 0 Å². The van der Waals surface area contributed by atoms with Gasteiger partial charge in [-0.25, -0.2) is 9.50 Å². The zero-order valence-corrected chi connectivity index (χ0v) is 18.8. The Morgan fingerprint density at radius 2 is 1.85 bits per heavy atom. The van der Waals surface area contributed by atoms with Gasteiger partial charge in [-0.15, -0.1) is 0 Å². The first-order valence-electron chi connectivity index (χ1n) is 10.6. The topological polar surface area (TPSA) is 97.7 Å². The number of hydrogen-bond donors (Lipinski definition) is 2. The van der Waals surface area contributed by atoms with E-state index in [-0.39, 0.29) is 17.9 Å². The maximum atomic E-state index is 12.6. The molecule has 170 valence electrons. The number of benzene rings is 2. The minimum absolute atomic E-state index is 0.139. The van der Waals surface area contributed by atoms with Crippen LogP contribution in [0.15, 0.2) is 59.4 Å². The monoisotopic (exact) mass is 446 g/mol. The average molecular weight is 447 g/mol. The van der Waals surface area contributed by atoms with Gasteiger partial charge in [0.1, 0.15) is 6.61 Å². The first-order chi connectivity index (χ1) is 15.9. The fourth-order valence-corrected chi connectivity index (χ4v) is 3.71. The highest BCUT2D eigenvalue weighted by atomic mass is 16.5. The zero-order valence-electron chi connectivity index (χ0n) is 18.8. The van der Waals surface area contributed by atoms with Gasteiger partial charge < -0.3 is 14.8 Å². The Morgan fingerprint density at radius 1 is 1.06 bits per heavy atom. The van der Waals surface area contributed by atoms with Gasteiger partial charge in [0, 0.05) is 29.6 Å². The van der Waals surface area contributed by atoms with Crippen LogP contribution in [-0.4, -0.2) is 27.6 Å². The van der Waals surface area contributed by atoms with E-state index >= 15 is 0 Å². The molecule has 0 saturated carbocycles. The number of aromatic amines is 1. The third-order valence-electron chi connectivity index (χ3n) is 5.49. The molecule has 0 aliphatic carbocycles. The molecule has 0 radical (unpaired) electrons. The molecule has 0 unspecified atom stereocenters. The lowest BCUT2D eigenvalue weighted by Crippen LogP contribution is -2.26. The molecule has 1 amide bonds. The molecule has 2 N–H and O–H groups in total. The molecule has 0 atom stereocenters. The number of rotatable bonds is 8. The van der Waals surface area contributed by atoms with Gasteiger partial charge >= 0.3 is 0 Å². The molecule has 2 aromatic heterocycles. The maximum Gasteiger partial charge on any atom is 0.266 e. The van der Waals surface area contributed by atoms with E-state index in [2.05, 4.69) is 15.4 Å². The largest absolute Gasteiger partial charge is 0.493 e. The summed E-state index contributed by atoms with van der Waals surface area (Å²) in [5, 5.41) is 5.64. The van der Waals surface area contributed by atoms with Crippen LogP contribution < -0.4 is 20.3 Å². The van der Waals surface area contributed by atoms with Gasteiger partial charge in [0.25, 0.3) is 5.56 Å². The van der Waals surface area contributed by atoms with Gasteiger partial charge in [0.05, 0.1) is 13.5 Å². The Labute approximate surface area is 191 Å². The number of aryl methyl sites for hydroxylation is 2. The molecule has 2 heterocycles. The van der Waals surface area contributed by atoms with Crippen LogP contribution in [0.1, 0.15) is 28.1 Å². The van der Waals surface area contributed by atoms with E-state index in [9.17, 15) is 9.59 Å². The van der Waals surface area contributed by atoms with Crippen molar-refractivity contribution in [2.45, 2.75) is 33.4 Å². The molecule has 0 fully saturated rings. The van der Waals surface area contributed by atoms with Gasteiger partial charge in [0.2, 0.25) is 5.91 Å². The number of nitrogens with zero attached hydrogens (tertiary/aromatic N) is 2. The quantitative estimate of drug-likeness (QED) is 0.434. The molecule has 4 aromatic rings. The van der Waals surface area contributed by atoms with E-state index in [4.69, 9.17) is 9.47 Å². The molecule has 8 nitrogen and oxygen atoms in total. The summed E-state index contributed by atoms with van der Waals surface area (Å²) in [6, 6.07) is 16.9. The van der Waals surface area contributed by atoms with Crippen LogP contribution in [0.4, 0.5) is 0 Å². The van der Waals surface area contributed by atoms with E-state index in [0.29, 0.717) is 30.3 Å². The number of fused-ring (bicyclic) bond motifs is 1. The zero-order chi connectivity index (χ0) is 23.4. The van der Waals surface area contributed by atoms with E-state index < -0.39 is 0 Å². The fourth-order valence-electron chi connectivity index (χ4n) is 3.71. The van der Waals surface area contributed by atoms with Crippen LogP contribution in [0, 0.1) is 13.8 Å². The minimum Gasteiger partial charge on any atom is -0.493 e. The third kappa shape index (κ3) is 5.06. The van der Waals surface area contributed by atoms with Crippen LogP contribution in [0.2, 0.25) is 0 Å². The number of nitrogens with one attached hydrogen (secondary N) is 2. The van der Waals surface area contributed by atoms with Crippen LogP contribution in [0.5, 0.6) is 11.5 Å². The van der Waals surface area contributed by atoms with Crippen molar-refractivity contribution in [3.8, 4) is 11.5 Å². The smallest absolute Gasteiger partial charge is 0.266 e. The van der Waals surface area contributed by atoms with Gasteiger partial charge in [-0.05, 0) is 37.1 Å². The summed E-state index contributed by atoms with van der Waals surface area (Å²) in [6.07, 6.45) is 0.163. The first kappa shape index (κ1) is 22.1. The Kier molecular flexibility index (Phi) is 6.44. The normalized spacial score (nSPS) is 10.9. The molecular weight excluding hydrogens is 420 g/mol. The van der Waals surface area contributed by atoms with Gasteiger partial charge in [-0.3, -0.25) is 14.7 Å². The van der Waals surface area contributed by atoms with Crippen LogP contribution in [-0.2, 0) is 24.4 Å². The molecule has 0 spiro atoms. The average Bonchev–Trinajstić information content (AvgIpc) is 3.20. The maximum absolute atomic E-state index is 12.6. The summed E-state index contributed by atoms with van der Waals surface area (Å²) in [5.74, 6) is 1.11. The second kappa shape index (κ2) is 9.60. The predicted octanol–water partition coefficient (Wildman–Crippen LogP) is 3.09. The Bertz CT molecular complexity index is 1340. The van der Waals surface area contributed by atoms with Gasteiger partial charge in [0.15, 0.2) is 17.1 Å². The number of carbonyl (C=O) groups excluding carboxylic acids is 1. The summed E-state index contributed by atoms with van der Waals surface area (Å²) in [7, 11) is 1.59. The van der Waals surface area contributed by atoms with Crippen LogP contribution in [0.3, 0.4) is 0 Å². The van der Waals surface area contributed by atoms with E-state index in [1.807, 2.05) is 62.4 Å². The molecule has 0 aliphatic rings. The van der Waals surface area contributed by atoms with E-state index in [0.717, 1.165) is 28.1 Å². The lowest BCUT2D eigenvalue weighted by atomic mass is 10.1. The van der Waals surface area contributed by atoms with Crippen molar-refractivity contribution in [2.75, 3.05) is 7.11 Å².